The van der Waals surface area contributed by atoms with Crippen LogP contribution in [-0.2, 0) is 18.3 Å². The van der Waals surface area contributed by atoms with Crippen molar-refractivity contribution in [2.45, 2.75) is 38.5 Å². The first kappa shape index (κ1) is 14.8. The molecule has 2 N–H and O–H groups in total. The minimum atomic E-state index is 0.329. The molecule has 0 amide bonds. The molecular formula is C13H23ClN4O. The minimum Gasteiger partial charge on any atom is -0.381 e. The number of aryl methyl sites for hydroxylation is 2. The summed E-state index contributed by atoms with van der Waals surface area (Å²) in [6.07, 6.45) is 2.36. The van der Waals surface area contributed by atoms with Gasteiger partial charge in [0.2, 0.25) is 0 Å². The van der Waals surface area contributed by atoms with Gasteiger partial charge in [0, 0.05) is 45.4 Å². The molecule has 0 aliphatic carbocycles. The van der Waals surface area contributed by atoms with Crippen LogP contribution >= 0.6 is 11.6 Å². The molecule has 1 aromatic heterocycles. The van der Waals surface area contributed by atoms with Crippen LogP contribution < -0.4 is 5.73 Å². The van der Waals surface area contributed by atoms with Crippen molar-refractivity contribution in [2.24, 2.45) is 12.8 Å². The average Bonchev–Trinajstić information content (AvgIpc) is 2.65. The van der Waals surface area contributed by atoms with Gasteiger partial charge < -0.3 is 10.5 Å². The van der Waals surface area contributed by atoms with Crippen LogP contribution in [-0.4, -0.2) is 47.0 Å². The van der Waals surface area contributed by atoms with E-state index in [1.807, 2.05) is 14.0 Å². The Morgan fingerprint density at radius 2 is 2.26 bits per heavy atom. The molecule has 1 saturated heterocycles. The van der Waals surface area contributed by atoms with Crippen molar-refractivity contribution in [1.82, 2.24) is 14.7 Å². The van der Waals surface area contributed by atoms with Crippen LogP contribution in [0.4, 0.5) is 0 Å². The third kappa shape index (κ3) is 3.11. The number of rotatable bonds is 4. The number of hydrogen-bond donors (Lipinski definition) is 1. The van der Waals surface area contributed by atoms with Crippen LogP contribution in [0, 0.1) is 6.92 Å². The van der Waals surface area contributed by atoms with Crippen LogP contribution in [0.5, 0.6) is 0 Å². The summed E-state index contributed by atoms with van der Waals surface area (Å²) in [4.78, 5) is 2.39. The normalized spacial score (nSPS) is 24.9. The number of methoxy groups -OCH3 is 1. The maximum atomic E-state index is 6.30. The second-order valence-electron chi connectivity index (χ2n) is 5.22. The Morgan fingerprint density at radius 3 is 2.79 bits per heavy atom. The third-order valence-corrected chi connectivity index (χ3v) is 4.50. The highest BCUT2D eigenvalue weighted by molar-refractivity contribution is 6.30. The van der Waals surface area contributed by atoms with E-state index in [1.165, 1.54) is 0 Å². The Labute approximate surface area is 119 Å². The van der Waals surface area contributed by atoms with Crippen LogP contribution in [0.15, 0.2) is 0 Å². The number of aromatic nitrogens is 2. The Balaban J connectivity index is 2.09. The molecule has 0 spiro atoms. The van der Waals surface area contributed by atoms with E-state index in [9.17, 15) is 0 Å². The lowest BCUT2D eigenvalue weighted by atomic mass is 9.98. The molecule has 0 saturated carbocycles. The van der Waals surface area contributed by atoms with Gasteiger partial charge in [-0.3, -0.25) is 9.58 Å². The van der Waals surface area contributed by atoms with Gasteiger partial charge in [-0.1, -0.05) is 11.6 Å². The van der Waals surface area contributed by atoms with Crippen LogP contribution in [0.2, 0.25) is 5.15 Å². The molecular weight excluding hydrogens is 264 g/mol. The Kier molecular flexibility index (Phi) is 4.84. The van der Waals surface area contributed by atoms with Gasteiger partial charge in [0.15, 0.2) is 0 Å². The summed E-state index contributed by atoms with van der Waals surface area (Å²) in [5, 5.41) is 5.08. The van der Waals surface area contributed by atoms with Crippen molar-refractivity contribution >= 4 is 11.6 Å². The highest BCUT2D eigenvalue weighted by Crippen LogP contribution is 2.25. The fourth-order valence-corrected chi connectivity index (χ4v) is 3.02. The molecule has 5 nitrogen and oxygen atoms in total. The Hall–Kier alpha value is -0.620. The van der Waals surface area contributed by atoms with Gasteiger partial charge >= 0.3 is 0 Å². The van der Waals surface area contributed by atoms with E-state index >= 15 is 0 Å². The first-order valence-electron chi connectivity index (χ1n) is 6.71. The quantitative estimate of drug-likeness (QED) is 0.907. The second-order valence-corrected chi connectivity index (χ2v) is 5.58. The first-order chi connectivity index (χ1) is 9.06. The summed E-state index contributed by atoms with van der Waals surface area (Å²) in [5.41, 5.74) is 8.00. The van der Waals surface area contributed by atoms with Crippen molar-refractivity contribution in [1.29, 1.82) is 0 Å². The van der Waals surface area contributed by atoms with Gasteiger partial charge in [0.25, 0.3) is 0 Å². The molecule has 108 valence electrons. The zero-order valence-electron chi connectivity index (χ0n) is 11.9. The fourth-order valence-electron chi connectivity index (χ4n) is 2.79. The van der Waals surface area contributed by atoms with Crippen LogP contribution in [0.25, 0.3) is 0 Å². The lowest BCUT2D eigenvalue weighted by molar-refractivity contribution is 0.0102. The molecule has 1 aliphatic rings. The Bertz CT molecular complexity index is 435. The van der Waals surface area contributed by atoms with Gasteiger partial charge in [-0.25, -0.2) is 0 Å². The number of halogens is 1. The summed E-state index contributed by atoms with van der Waals surface area (Å²) in [5.74, 6) is 0. The molecule has 19 heavy (non-hydrogen) atoms. The van der Waals surface area contributed by atoms with E-state index in [4.69, 9.17) is 22.1 Å². The lowest BCUT2D eigenvalue weighted by Gasteiger charge is -2.38. The van der Waals surface area contributed by atoms with E-state index in [1.54, 1.807) is 11.8 Å². The number of nitrogens with two attached hydrogens (primary N) is 1. The predicted octanol–water partition coefficient (Wildman–Crippen LogP) is 1.32. The summed E-state index contributed by atoms with van der Waals surface area (Å²) in [7, 11) is 3.65. The van der Waals surface area contributed by atoms with Gasteiger partial charge in [0.1, 0.15) is 5.15 Å². The summed E-state index contributed by atoms with van der Waals surface area (Å²) >= 11 is 6.30. The smallest absolute Gasteiger partial charge is 0.131 e. The lowest BCUT2D eigenvalue weighted by Crippen LogP contribution is -2.48. The average molecular weight is 287 g/mol. The van der Waals surface area contributed by atoms with E-state index in [2.05, 4.69) is 10.00 Å². The van der Waals surface area contributed by atoms with Crippen molar-refractivity contribution in [3.05, 3.63) is 16.4 Å². The standard InChI is InChI=1S/C13H23ClN4O/c1-9-12(13(14)17(2)16-9)8-18-5-4-11(19-3)6-10(18)7-15/h10-11H,4-8,15H2,1-3H3. The summed E-state index contributed by atoms with van der Waals surface area (Å²) in [6.45, 7) is 4.46. The minimum absolute atomic E-state index is 0.329. The Morgan fingerprint density at radius 1 is 1.53 bits per heavy atom. The third-order valence-electron chi connectivity index (χ3n) is 4.03. The summed E-state index contributed by atoms with van der Waals surface area (Å²) < 4.78 is 7.18. The van der Waals surface area contributed by atoms with E-state index in [0.29, 0.717) is 18.7 Å². The first-order valence-corrected chi connectivity index (χ1v) is 7.09. The molecule has 1 aromatic rings. The van der Waals surface area contributed by atoms with Gasteiger partial charge in [-0.15, -0.1) is 0 Å². The summed E-state index contributed by atoms with van der Waals surface area (Å²) in [6, 6.07) is 0.356. The molecule has 2 heterocycles. The van der Waals surface area contributed by atoms with Gasteiger partial charge in [0.05, 0.1) is 11.8 Å². The maximum absolute atomic E-state index is 6.30. The van der Waals surface area contributed by atoms with E-state index in [0.717, 1.165) is 42.3 Å². The number of nitrogens with zero attached hydrogens (tertiary/aromatic N) is 3. The van der Waals surface area contributed by atoms with Crippen molar-refractivity contribution < 1.29 is 4.74 Å². The van der Waals surface area contributed by atoms with Crippen molar-refractivity contribution in [3.8, 4) is 0 Å². The molecule has 0 aromatic carbocycles. The van der Waals surface area contributed by atoms with Crippen LogP contribution in [0.1, 0.15) is 24.1 Å². The van der Waals surface area contributed by atoms with Gasteiger partial charge in [-0.2, -0.15) is 5.10 Å². The SMILES string of the molecule is COC1CCN(Cc2c(C)nn(C)c2Cl)C(CN)C1. The molecule has 1 fully saturated rings. The molecule has 2 rings (SSSR count). The number of piperidine rings is 1. The molecule has 2 unspecified atom stereocenters. The van der Waals surface area contributed by atoms with Crippen LogP contribution in [0.3, 0.4) is 0 Å². The molecule has 0 radical (unpaired) electrons. The molecule has 1 aliphatic heterocycles. The van der Waals surface area contributed by atoms with Crippen molar-refractivity contribution in [2.75, 3.05) is 20.2 Å². The van der Waals surface area contributed by atoms with E-state index in [-0.39, 0.29) is 0 Å². The van der Waals surface area contributed by atoms with Gasteiger partial charge in [-0.05, 0) is 19.8 Å². The van der Waals surface area contributed by atoms with E-state index < -0.39 is 0 Å². The zero-order valence-corrected chi connectivity index (χ0v) is 12.7. The predicted molar refractivity (Wildman–Crippen MR) is 76.2 cm³/mol. The second kappa shape index (κ2) is 6.22. The van der Waals surface area contributed by atoms with Crippen molar-refractivity contribution in [3.63, 3.8) is 0 Å². The highest BCUT2D eigenvalue weighted by Gasteiger charge is 2.28. The molecule has 2 atom stereocenters. The molecule has 6 heteroatoms. The maximum Gasteiger partial charge on any atom is 0.131 e. The number of hydrogen-bond acceptors (Lipinski definition) is 4. The number of likely N-dealkylation sites (tertiary alicyclic amines) is 1. The zero-order chi connectivity index (χ0) is 14.0. The monoisotopic (exact) mass is 286 g/mol. The topological polar surface area (TPSA) is 56.3 Å². The fraction of sp³-hybridized carbons (Fsp3) is 0.769. The largest absolute Gasteiger partial charge is 0.381 e. The highest BCUT2D eigenvalue weighted by atomic mass is 35.5. The number of ether oxygens (including phenoxy) is 1. The molecule has 0 bridgehead atoms.